The highest BCUT2D eigenvalue weighted by atomic mass is 32.2. The lowest BCUT2D eigenvalue weighted by atomic mass is 10.1. The first-order chi connectivity index (χ1) is 9.37. The molecule has 110 valence electrons. The molecule has 1 saturated heterocycles. The van der Waals surface area contributed by atoms with Gasteiger partial charge in [-0.1, -0.05) is 12.1 Å². The highest BCUT2D eigenvalue weighted by molar-refractivity contribution is 7.91. The summed E-state index contributed by atoms with van der Waals surface area (Å²) in [4.78, 5) is 10.0. The maximum atomic E-state index is 11.3. The van der Waals surface area contributed by atoms with E-state index >= 15 is 0 Å². The Morgan fingerprint density at radius 3 is 2.45 bits per heavy atom. The van der Waals surface area contributed by atoms with Crippen LogP contribution in [0.3, 0.4) is 0 Å². The fraction of sp³-hybridized carbons (Fsp3) is 0.500. The van der Waals surface area contributed by atoms with E-state index in [4.69, 9.17) is 0 Å². The van der Waals surface area contributed by atoms with Crippen molar-refractivity contribution in [1.82, 2.24) is 5.32 Å². The predicted octanol–water partition coefficient (Wildman–Crippen LogP) is -0.115. The molecule has 1 fully saturated rings. The molecule has 0 amide bonds. The lowest BCUT2D eigenvalue weighted by molar-refractivity contribution is -0.384. The average molecular weight is 300 g/mol. The summed E-state index contributed by atoms with van der Waals surface area (Å²) >= 11 is 0. The van der Waals surface area contributed by atoms with E-state index in [1.165, 1.54) is 12.1 Å². The van der Waals surface area contributed by atoms with Gasteiger partial charge in [0.1, 0.15) is 0 Å². The van der Waals surface area contributed by atoms with Gasteiger partial charge in [-0.15, -0.1) is 0 Å². The summed E-state index contributed by atoms with van der Waals surface area (Å²) in [5.74, 6) is -0.239. The fourth-order valence-electron chi connectivity index (χ4n) is 2.21. The van der Waals surface area contributed by atoms with Crippen molar-refractivity contribution >= 4 is 15.5 Å². The Morgan fingerprint density at radius 2 is 1.95 bits per heavy atom. The Hall–Kier alpha value is -1.51. The Morgan fingerprint density at radius 1 is 1.30 bits per heavy atom. The lowest BCUT2D eigenvalue weighted by Crippen LogP contribution is -2.39. The highest BCUT2D eigenvalue weighted by Gasteiger charge is 2.35. The zero-order valence-corrected chi connectivity index (χ0v) is 11.5. The Bertz CT molecular complexity index is 584. The number of sulfone groups is 1. The number of aliphatic hydroxyl groups excluding tert-OH is 1. The molecule has 1 heterocycles. The maximum absolute atomic E-state index is 11.3. The zero-order valence-electron chi connectivity index (χ0n) is 10.7. The van der Waals surface area contributed by atoms with E-state index in [0.29, 0.717) is 13.0 Å². The Balaban J connectivity index is 1.83. The summed E-state index contributed by atoms with van der Waals surface area (Å²) in [6, 6.07) is 5.77. The van der Waals surface area contributed by atoms with Crippen molar-refractivity contribution in [2.75, 3.05) is 18.1 Å². The maximum Gasteiger partial charge on any atom is 0.269 e. The van der Waals surface area contributed by atoms with Crippen LogP contribution >= 0.6 is 0 Å². The molecule has 1 aromatic rings. The third-order valence-corrected chi connectivity index (χ3v) is 5.01. The van der Waals surface area contributed by atoms with Crippen molar-refractivity contribution in [3.05, 3.63) is 39.9 Å². The molecule has 8 heteroatoms. The molecule has 2 unspecified atom stereocenters. The van der Waals surface area contributed by atoms with Crippen LogP contribution in [0.5, 0.6) is 0 Å². The minimum absolute atomic E-state index is 0.0408. The molecule has 2 atom stereocenters. The van der Waals surface area contributed by atoms with Crippen LogP contribution in [0.1, 0.15) is 5.56 Å². The number of nitrogens with one attached hydrogen (secondary N) is 1. The third kappa shape index (κ3) is 3.75. The van der Waals surface area contributed by atoms with Crippen LogP contribution in [-0.4, -0.2) is 48.6 Å². The fourth-order valence-corrected chi connectivity index (χ4v) is 3.99. The number of nitrogens with zero attached hydrogens (tertiary/aromatic N) is 1. The van der Waals surface area contributed by atoms with E-state index in [0.717, 1.165) is 5.56 Å². The van der Waals surface area contributed by atoms with Crippen molar-refractivity contribution in [2.45, 2.75) is 18.6 Å². The van der Waals surface area contributed by atoms with Gasteiger partial charge in [0.05, 0.1) is 22.5 Å². The second kappa shape index (κ2) is 5.86. The molecular weight excluding hydrogens is 284 g/mol. The first-order valence-electron chi connectivity index (χ1n) is 6.22. The molecule has 20 heavy (non-hydrogen) atoms. The molecule has 7 nitrogen and oxygen atoms in total. The minimum atomic E-state index is -3.14. The van der Waals surface area contributed by atoms with Crippen LogP contribution in [0.4, 0.5) is 5.69 Å². The normalized spacial score (nSPS) is 24.6. The molecule has 0 bridgehead atoms. The van der Waals surface area contributed by atoms with Crippen LogP contribution in [0, 0.1) is 10.1 Å². The van der Waals surface area contributed by atoms with Gasteiger partial charge in [0.25, 0.3) is 5.69 Å². The minimum Gasteiger partial charge on any atom is -0.390 e. The third-order valence-electron chi connectivity index (χ3n) is 3.29. The molecule has 2 N–H and O–H groups in total. The largest absolute Gasteiger partial charge is 0.390 e. The first-order valence-corrected chi connectivity index (χ1v) is 8.05. The van der Waals surface area contributed by atoms with E-state index < -0.39 is 26.9 Å². The van der Waals surface area contributed by atoms with Gasteiger partial charge in [-0.3, -0.25) is 10.1 Å². The van der Waals surface area contributed by atoms with E-state index in [-0.39, 0.29) is 17.2 Å². The molecule has 1 aliphatic rings. The highest BCUT2D eigenvalue weighted by Crippen LogP contribution is 2.14. The molecule has 0 aliphatic carbocycles. The van der Waals surface area contributed by atoms with Gasteiger partial charge < -0.3 is 10.4 Å². The monoisotopic (exact) mass is 300 g/mol. The summed E-state index contributed by atoms with van der Waals surface area (Å²) in [7, 11) is -3.14. The van der Waals surface area contributed by atoms with Gasteiger partial charge in [0.15, 0.2) is 9.84 Å². The molecule has 1 aromatic carbocycles. The number of hydrogen-bond acceptors (Lipinski definition) is 6. The average Bonchev–Trinajstić information content (AvgIpc) is 2.63. The number of benzene rings is 1. The van der Waals surface area contributed by atoms with E-state index in [2.05, 4.69) is 5.32 Å². The van der Waals surface area contributed by atoms with Crippen molar-refractivity contribution in [1.29, 1.82) is 0 Å². The van der Waals surface area contributed by atoms with Crippen LogP contribution in [0.15, 0.2) is 24.3 Å². The van der Waals surface area contributed by atoms with E-state index in [1.807, 2.05) is 0 Å². The standard InChI is InChI=1S/C12H16N2O5S/c15-12-8-20(18,19)7-11(12)13-6-5-9-1-3-10(4-2-9)14(16)17/h1-4,11-13,15H,5-8H2. The van der Waals surface area contributed by atoms with Crippen molar-refractivity contribution in [2.24, 2.45) is 0 Å². The molecule has 0 radical (unpaired) electrons. The number of non-ortho nitro benzene ring substituents is 1. The van der Waals surface area contributed by atoms with Crippen LogP contribution in [0.2, 0.25) is 0 Å². The lowest BCUT2D eigenvalue weighted by Gasteiger charge is -2.14. The van der Waals surface area contributed by atoms with Crippen molar-refractivity contribution < 1.29 is 18.4 Å². The van der Waals surface area contributed by atoms with Gasteiger partial charge in [-0.25, -0.2) is 8.42 Å². The number of rotatable bonds is 5. The number of nitro groups is 1. The zero-order chi connectivity index (χ0) is 14.8. The summed E-state index contributed by atoms with van der Waals surface area (Å²) in [6.07, 6.45) is -0.252. The van der Waals surface area contributed by atoms with Gasteiger partial charge >= 0.3 is 0 Å². The van der Waals surface area contributed by atoms with Gasteiger partial charge in [0.2, 0.25) is 0 Å². The summed E-state index contributed by atoms with van der Waals surface area (Å²) in [5, 5.41) is 23.1. The quantitative estimate of drug-likeness (QED) is 0.580. The SMILES string of the molecule is O=[N+]([O-])c1ccc(CCNC2CS(=O)(=O)CC2O)cc1. The smallest absolute Gasteiger partial charge is 0.269 e. The molecule has 0 spiro atoms. The van der Waals surface area contributed by atoms with Crippen LogP contribution < -0.4 is 5.32 Å². The predicted molar refractivity (Wildman–Crippen MR) is 73.3 cm³/mol. The summed E-state index contributed by atoms with van der Waals surface area (Å²) < 4.78 is 22.6. The van der Waals surface area contributed by atoms with Crippen LogP contribution in [-0.2, 0) is 16.3 Å². The topological polar surface area (TPSA) is 110 Å². The Labute approximate surface area is 116 Å². The van der Waals surface area contributed by atoms with Gasteiger partial charge in [-0.05, 0) is 18.5 Å². The molecule has 0 aromatic heterocycles. The molecule has 0 saturated carbocycles. The second-order valence-electron chi connectivity index (χ2n) is 4.88. The Kier molecular flexibility index (Phi) is 4.36. The van der Waals surface area contributed by atoms with Gasteiger partial charge in [-0.2, -0.15) is 0 Å². The van der Waals surface area contributed by atoms with E-state index in [1.54, 1.807) is 12.1 Å². The number of hydrogen-bond donors (Lipinski definition) is 2. The summed E-state index contributed by atoms with van der Waals surface area (Å²) in [6.45, 7) is 0.509. The summed E-state index contributed by atoms with van der Waals surface area (Å²) in [5.41, 5.74) is 0.956. The number of nitro benzene ring substituents is 1. The number of aliphatic hydroxyl groups is 1. The van der Waals surface area contributed by atoms with Crippen molar-refractivity contribution in [3.63, 3.8) is 0 Å². The molecule has 2 rings (SSSR count). The van der Waals surface area contributed by atoms with Gasteiger partial charge in [0, 0.05) is 18.2 Å². The van der Waals surface area contributed by atoms with Crippen LogP contribution in [0.25, 0.3) is 0 Å². The van der Waals surface area contributed by atoms with E-state index in [9.17, 15) is 23.6 Å². The molecule has 1 aliphatic heterocycles. The second-order valence-corrected chi connectivity index (χ2v) is 7.03. The van der Waals surface area contributed by atoms with Crippen molar-refractivity contribution in [3.8, 4) is 0 Å². The first kappa shape index (κ1) is 14.9. The molecular formula is C12H16N2O5S.